The third-order valence-electron chi connectivity index (χ3n) is 2.74. The van der Waals surface area contributed by atoms with Gasteiger partial charge in [0.25, 0.3) is 0 Å². The summed E-state index contributed by atoms with van der Waals surface area (Å²) in [4.78, 5) is 26.2. The van der Waals surface area contributed by atoms with Crippen LogP contribution in [0.3, 0.4) is 0 Å². The maximum absolute atomic E-state index is 11.3. The van der Waals surface area contributed by atoms with Crippen LogP contribution < -0.4 is 11.1 Å². The van der Waals surface area contributed by atoms with Crippen LogP contribution in [0, 0.1) is 6.92 Å². The highest BCUT2D eigenvalue weighted by molar-refractivity contribution is 9.10. The van der Waals surface area contributed by atoms with E-state index in [-0.39, 0.29) is 0 Å². The van der Waals surface area contributed by atoms with Crippen molar-refractivity contribution in [3.63, 3.8) is 0 Å². The van der Waals surface area contributed by atoms with Crippen molar-refractivity contribution >= 4 is 27.7 Å². The first-order valence-corrected chi connectivity index (χ1v) is 7.73. The highest BCUT2D eigenvalue weighted by Crippen LogP contribution is 2.27. The van der Waals surface area contributed by atoms with Crippen molar-refractivity contribution in [2.24, 2.45) is 7.05 Å². The molecule has 0 aliphatic carbocycles. The normalized spacial score (nSPS) is 11.0. The van der Waals surface area contributed by atoms with Crippen molar-refractivity contribution in [2.45, 2.75) is 31.3 Å². The standard InChI is InChI=1S/C11H14BrN5O2S/c1-4-17-7(8(12)6(2)14-17)5-20-11-13-9(18)10(19)15-16(11)3/h4-5H2,1-3H3,(H,15,19). The van der Waals surface area contributed by atoms with Gasteiger partial charge in [0, 0.05) is 19.3 Å². The predicted molar refractivity (Wildman–Crippen MR) is 80.0 cm³/mol. The van der Waals surface area contributed by atoms with Gasteiger partial charge in [-0.2, -0.15) is 10.1 Å². The van der Waals surface area contributed by atoms with Crippen molar-refractivity contribution in [3.05, 3.63) is 36.6 Å². The molecule has 0 atom stereocenters. The molecule has 0 amide bonds. The van der Waals surface area contributed by atoms with E-state index in [0.29, 0.717) is 10.9 Å². The Morgan fingerprint density at radius 1 is 1.40 bits per heavy atom. The van der Waals surface area contributed by atoms with E-state index in [0.717, 1.165) is 22.4 Å². The van der Waals surface area contributed by atoms with E-state index < -0.39 is 11.1 Å². The smallest absolute Gasteiger partial charge is 0.268 e. The zero-order valence-corrected chi connectivity index (χ0v) is 13.7. The molecule has 2 aromatic heterocycles. The Bertz CT molecular complexity index is 748. The molecule has 0 aliphatic rings. The maximum Gasteiger partial charge on any atom is 0.339 e. The maximum atomic E-state index is 11.3. The van der Waals surface area contributed by atoms with Crippen LogP contribution in [0.25, 0.3) is 0 Å². The summed E-state index contributed by atoms with van der Waals surface area (Å²) in [5, 5.41) is 7.29. The molecule has 0 fully saturated rings. The molecular weight excluding hydrogens is 346 g/mol. The Hall–Kier alpha value is -1.35. The Kier molecular flexibility index (Phi) is 4.48. The van der Waals surface area contributed by atoms with Gasteiger partial charge in [0.2, 0.25) is 0 Å². The Morgan fingerprint density at radius 2 is 2.10 bits per heavy atom. The fourth-order valence-electron chi connectivity index (χ4n) is 1.73. The summed E-state index contributed by atoms with van der Waals surface area (Å²) < 4.78 is 4.30. The van der Waals surface area contributed by atoms with E-state index in [1.54, 1.807) is 7.05 Å². The van der Waals surface area contributed by atoms with Crippen LogP contribution in [-0.2, 0) is 19.3 Å². The highest BCUT2D eigenvalue weighted by atomic mass is 79.9. The van der Waals surface area contributed by atoms with Crippen LogP contribution in [0.4, 0.5) is 0 Å². The molecule has 0 bridgehead atoms. The van der Waals surface area contributed by atoms with E-state index >= 15 is 0 Å². The molecule has 20 heavy (non-hydrogen) atoms. The number of halogens is 1. The first-order valence-electron chi connectivity index (χ1n) is 5.96. The minimum Gasteiger partial charge on any atom is -0.268 e. The van der Waals surface area contributed by atoms with Crippen molar-refractivity contribution in [1.82, 2.24) is 24.5 Å². The second-order valence-electron chi connectivity index (χ2n) is 4.15. The summed E-state index contributed by atoms with van der Waals surface area (Å²) in [6.45, 7) is 4.71. The molecule has 1 N–H and O–H groups in total. The van der Waals surface area contributed by atoms with Gasteiger partial charge < -0.3 is 0 Å². The van der Waals surface area contributed by atoms with Crippen LogP contribution in [0.1, 0.15) is 18.3 Å². The topological polar surface area (TPSA) is 85.6 Å². The first-order chi connectivity index (χ1) is 9.43. The van der Waals surface area contributed by atoms with Gasteiger partial charge in [0.05, 0.1) is 15.9 Å². The fraction of sp³-hybridized carbons (Fsp3) is 0.455. The molecule has 7 nitrogen and oxygen atoms in total. The zero-order valence-electron chi connectivity index (χ0n) is 11.3. The molecule has 0 radical (unpaired) electrons. The Balaban J connectivity index is 2.28. The largest absolute Gasteiger partial charge is 0.339 e. The van der Waals surface area contributed by atoms with Gasteiger partial charge in [-0.05, 0) is 29.8 Å². The molecule has 2 aromatic rings. The van der Waals surface area contributed by atoms with Crippen molar-refractivity contribution in [3.8, 4) is 0 Å². The predicted octanol–water partition coefficient (Wildman–Crippen LogP) is 1.05. The van der Waals surface area contributed by atoms with E-state index in [2.05, 4.69) is 31.1 Å². The van der Waals surface area contributed by atoms with Gasteiger partial charge >= 0.3 is 11.1 Å². The minimum atomic E-state index is -0.773. The summed E-state index contributed by atoms with van der Waals surface area (Å²) in [7, 11) is 1.65. The number of nitrogens with zero attached hydrogens (tertiary/aromatic N) is 4. The summed E-state index contributed by atoms with van der Waals surface area (Å²) in [6.07, 6.45) is 0. The zero-order chi connectivity index (χ0) is 14.9. The number of aromatic nitrogens is 5. The second-order valence-corrected chi connectivity index (χ2v) is 5.89. The number of aryl methyl sites for hydroxylation is 3. The molecule has 0 aromatic carbocycles. The van der Waals surface area contributed by atoms with Crippen molar-refractivity contribution in [2.75, 3.05) is 0 Å². The monoisotopic (exact) mass is 359 g/mol. The van der Waals surface area contributed by atoms with Gasteiger partial charge in [-0.25, -0.2) is 0 Å². The molecule has 0 unspecified atom stereocenters. The summed E-state index contributed by atoms with van der Waals surface area (Å²) in [5.41, 5.74) is 0.457. The molecule has 0 saturated heterocycles. The molecule has 2 heterocycles. The number of nitrogens with one attached hydrogen (secondary N) is 1. The van der Waals surface area contributed by atoms with Gasteiger partial charge in [0.15, 0.2) is 5.16 Å². The second kappa shape index (κ2) is 5.96. The van der Waals surface area contributed by atoms with E-state index in [1.807, 2.05) is 18.5 Å². The lowest BCUT2D eigenvalue weighted by atomic mass is 10.4. The first kappa shape index (κ1) is 15.0. The van der Waals surface area contributed by atoms with E-state index in [4.69, 9.17) is 0 Å². The number of H-pyrrole nitrogens is 1. The summed E-state index contributed by atoms with van der Waals surface area (Å²) in [6, 6.07) is 0. The van der Waals surface area contributed by atoms with Crippen molar-refractivity contribution < 1.29 is 0 Å². The lowest BCUT2D eigenvalue weighted by Crippen LogP contribution is -2.33. The van der Waals surface area contributed by atoms with Gasteiger partial charge in [-0.15, -0.1) is 0 Å². The van der Waals surface area contributed by atoms with Gasteiger partial charge in [-0.1, -0.05) is 11.8 Å². The van der Waals surface area contributed by atoms with Crippen molar-refractivity contribution in [1.29, 1.82) is 0 Å². The summed E-state index contributed by atoms with van der Waals surface area (Å²) in [5.74, 6) is 0.599. The van der Waals surface area contributed by atoms with Crippen LogP contribution in [0.5, 0.6) is 0 Å². The summed E-state index contributed by atoms with van der Waals surface area (Å²) >= 11 is 4.89. The number of hydrogen-bond acceptors (Lipinski definition) is 5. The number of thioether (sulfide) groups is 1. The minimum absolute atomic E-state index is 0.461. The average Bonchev–Trinajstić information content (AvgIpc) is 2.68. The Labute approximate surface area is 127 Å². The van der Waals surface area contributed by atoms with Crippen LogP contribution >= 0.6 is 27.7 Å². The molecule has 0 spiro atoms. The Morgan fingerprint density at radius 3 is 2.75 bits per heavy atom. The number of hydrogen-bond donors (Lipinski definition) is 1. The van der Waals surface area contributed by atoms with Crippen LogP contribution in [-0.4, -0.2) is 24.5 Å². The van der Waals surface area contributed by atoms with E-state index in [1.165, 1.54) is 16.4 Å². The van der Waals surface area contributed by atoms with E-state index in [9.17, 15) is 9.59 Å². The van der Waals surface area contributed by atoms with Crippen LogP contribution in [0.15, 0.2) is 19.2 Å². The van der Waals surface area contributed by atoms with Gasteiger partial charge in [-0.3, -0.25) is 24.1 Å². The highest BCUT2D eigenvalue weighted by Gasteiger charge is 2.13. The quantitative estimate of drug-likeness (QED) is 0.651. The molecule has 0 aliphatic heterocycles. The number of rotatable bonds is 4. The third-order valence-corrected chi connectivity index (χ3v) is 4.81. The molecule has 9 heteroatoms. The fourth-order valence-corrected chi connectivity index (χ4v) is 3.29. The SMILES string of the molecule is CCn1nc(C)c(Br)c1CSc1nc(=O)c(=O)[nH]n1C. The molecular formula is C11H14BrN5O2S. The molecule has 0 saturated carbocycles. The lowest BCUT2D eigenvalue weighted by Gasteiger charge is -2.07. The average molecular weight is 360 g/mol. The number of aromatic amines is 1. The van der Waals surface area contributed by atoms with Crippen LogP contribution in [0.2, 0.25) is 0 Å². The lowest BCUT2D eigenvalue weighted by molar-refractivity contribution is 0.595. The molecule has 108 valence electrons. The third kappa shape index (κ3) is 2.88. The molecule has 2 rings (SSSR count). The van der Waals surface area contributed by atoms with Gasteiger partial charge in [0.1, 0.15) is 0 Å².